The predicted molar refractivity (Wildman–Crippen MR) is 123 cm³/mol. The molecule has 1 aliphatic heterocycles. The molecule has 2 amide bonds. The summed E-state index contributed by atoms with van der Waals surface area (Å²) >= 11 is 0. The van der Waals surface area contributed by atoms with E-state index in [1.165, 1.54) is 6.07 Å². The Balaban J connectivity index is 1.44. The highest BCUT2D eigenvalue weighted by Gasteiger charge is 2.40. The lowest BCUT2D eigenvalue weighted by molar-refractivity contribution is -0.124. The van der Waals surface area contributed by atoms with Crippen LogP contribution in [-0.4, -0.2) is 28.5 Å². The van der Waals surface area contributed by atoms with Gasteiger partial charge in [-0.05, 0) is 42.0 Å². The average Bonchev–Trinajstić information content (AvgIpc) is 3.32. The Kier molecular flexibility index (Phi) is 5.45. The lowest BCUT2D eigenvalue weighted by atomic mass is 10.1. The van der Waals surface area contributed by atoms with Crippen molar-refractivity contribution in [2.75, 3.05) is 17.3 Å². The fraction of sp³-hybridized carbons (Fsp3) is 0.160. The van der Waals surface area contributed by atoms with Crippen molar-refractivity contribution in [2.24, 2.45) is 0 Å². The van der Waals surface area contributed by atoms with Crippen LogP contribution in [0.25, 0.3) is 11.0 Å². The summed E-state index contributed by atoms with van der Waals surface area (Å²) in [5.41, 5.74) is 2.42. The van der Waals surface area contributed by atoms with E-state index in [2.05, 4.69) is 10.3 Å². The van der Waals surface area contributed by atoms with Gasteiger partial charge in [-0.3, -0.25) is 19.1 Å². The number of methoxy groups -OCH3 is 1. The number of para-hydroxylation sites is 2. The average molecular weight is 462 g/mol. The normalized spacial score (nSPS) is 15.0. The van der Waals surface area contributed by atoms with Gasteiger partial charge in [0.25, 0.3) is 5.91 Å². The zero-order valence-corrected chi connectivity index (χ0v) is 18.2. The lowest BCUT2D eigenvalue weighted by Gasteiger charge is -2.16. The molecule has 2 heterocycles. The largest absolute Gasteiger partial charge is 0.497 e. The van der Waals surface area contributed by atoms with Gasteiger partial charge in [-0.15, -0.1) is 0 Å². The van der Waals surface area contributed by atoms with Crippen molar-refractivity contribution in [3.05, 3.63) is 83.9 Å². The Labute approximate surface area is 193 Å². The van der Waals surface area contributed by atoms with E-state index in [1.54, 1.807) is 16.6 Å². The highest BCUT2D eigenvalue weighted by Crippen LogP contribution is 2.37. The minimum Gasteiger partial charge on any atom is -0.497 e. The van der Waals surface area contributed by atoms with E-state index in [-0.39, 0.29) is 24.6 Å². The van der Waals surface area contributed by atoms with Gasteiger partial charge in [-0.2, -0.15) is 0 Å². The Morgan fingerprint density at radius 3 is 2.56 bits per heavy atom. The van der Waals surface area contributed by atoms with Gasteiger partial charge in [-0.1, -0.05) is 24.3 Å². The minimum absolute atomic E-state index is 0.111. The van der Waals surface area contributed by atoms with Crippen LogP contribution in [0.4, 0.5) is 20.4 Å². The maximum absolute atomic E-state index is 13.5. The second-order valence-corrected chi connectivity index (χ2v) is 7.94. The Bertz CT molecular complexity index is 1400. The number of nitrogens with zero attached hydrogens (tertiary/aromatic N) is 3. The molecule has 4 aromatic rings. The van der Waals surface area contributed by atoms with Crippen LogP contribution in [0.2, 0.25) is 0 Å². The van der Waals surface area contributed by atoms with Gasteiger partial charge in [0.15, 0.2) is 11.6 Å². The number of imidazole rings is 1. The van der Waals surface area contributed by atoms with E-state index < -0.39 is 23.6 Å². The molecular weight excluding hydrogens is 442 g/mol. The molecule has 0 saturated carbocycles. The van der Waals surface area contributed by atoms with Crippen molar-refractivity contribution in [1.29, 1.82) is 0 Å². The number of anilines is 2. The van der Waals surface area contributed by atoms with Crippen LogP contribution in [-0.2, 0) is 16.1 Å². The summed E-state index contributed by atoms with van der Waals surface area (Å²) < 4.78 is 33.7. The highest BCUT2D eigenvalue weighted by molar-refractivity contribution is 6.05. The monoisotopic (exact) mass is 462 g/mol. The van der Waals surface area contributed by atoms with Crippen LogP contribution >= 0.6 is 0 Å². The molecular formula is C25H20F2N4O3. The van der Waals surface area contributed by atoms with E-state index in [0.29, 0.717) is 17.2 Å². The number of fused-ring (bicyclic) bond motifs is 3. The molecule has 3 aromatic carbocycles. The number of nitrogens with one attached hydrogen (secondary N) is 1. The molecule has 0 bridgehead atoms. The molecule has 1 aliphatic rings. The summed E-state index contributed by atoms with van der Waals surface area (Å²) in [6.07, 6.45) is -0.190. The number of rotatable bonds is 6. The zero-order valence-electron chi connectivity index (χ0n) is 18.2. The fourth-order valence-corrected chi connectivity index (χ4v) is 4.12. The van der Waals surface area contributed by atoms with Crippen LogP contribution in [0.3, 0.4) is 0 Å². The summed E-state index contributed by atoms with van der Waals surface area (Å²) in [6.45, 7) is 0.271. The van der Waals surface area contributed by atoms with Crippen LogP contribution in [0.5, 0.6) is 5.75 Å². The molecule has 0 saturated heterocycles. The molecule has 0 spiro atoms. The summed E-state index contributed by atoms with van der Waals surface area (Å²) in [7, 11) is 1.58. The number of carbonyl (C=O) groups is 2. The van der Waals surface area contributed by atoms with Crippen LogP contribution in [0.15, 0.2) is 66.7 Å². The highest BCUT2D eigenvalue weighted by atomic mass is 19.2. The van der Waals surface area contributed by atoms with Crippen LogP contribution in [0.1, 0.15) is 18.0 Å². The predicted octanol–water partition coefficient (Wildman–Crippen LogP) is 4.44. The summed E-state index contributed by atoms with van der Waals surface area (Å²) in [6, 6.07) is 17.0. The van der Waals surface area contributed by atoms with E-state index in [0.717, 1.165) is 23.2 Å². The Hall–Kier alpha value is -4.27. The first-order valence-corrected chi connectivity index (χ1v) is 10.6. The molecule has 1 atom stereocenters. The molecule has 0 radical (unpaired) electrons. The van der Waals surface area contributed by atoms with Gasteiger partial charge < -0.3 is 10.1 Å². The number of carbonyl (C=O) groups excluding carboxylic acids is 2. The summed E-state index contributed by atoms with van der Waals surface area (Å²) in [5.74, 6) is -1.69. The number of hydrogen-bond acceptors (Lipinski definition) is 4. The molecule has 1 aromatic heterocycles. The first-order chi connectivity index (χ1) is 16.4. The van der Waals surface area contributed by atoms with Crippen LogP contribution in [0, 0.1) is 11.6 Å². The van der Waals surface area contributed by atoms with Crippen molar-refractivity contribution in [1.82, 2.24) is 9.55 Å². The molecule has 5 rings (SSSR count). The van der Waals surface area contributed by atoms with E-state index in [9.17, 15) is 18.4 Å². The minimum atomic E-state index is -1.07. The molecule has 172 valence electrons. The molecule has 0 fully saturated rings. The molecule has 1 N–H and O–H groups in total. The standard InChI is InChI=1S/C25H20F2N4O3/c1-34-17-9-6-15(7-10-17)14-30-24(33)22(31-21-5-3-2-4-20(21)29-25(30)31)13-23(32)28-16-8-11-18(26)19(27)12-16/h2-12,22H,13-14H2,1H3,(H,28,32)/t22-/m0/s1. The number of aromatic nitrogens is 2. The SMILES string of the molecule is COc1ccc(CN2C(=O)[C@H](CC(=O)Nc3ccc(F)c(F)c3)n3c2nc2ccccc23)cc1. The zero-order chi connectivity index (χ0) is 23.8. The fourth-order valence-electron chi connectivity index (χ4n) is 4.12. The Morgan fingerprint density at radius 2 is 1.82 bits per heavy atom. The van der Waals surface area contributed by atoms with E-state index in [4.69, 9.17) is 4.74 Å². The number of hydrogen-bond donors (Lipinski definition) is 1. The maximum atomic E-state index is 13.5. The third-order valence-corrected chi connectivity index (χ3v) is 5.76. The van der Waals surface area contributed by atoms with Crippen molar-refractivity contribution in [2.45, 2.75) is 19.0 Å². The van der Waals surface area contributed by atoms with Gasteiger partial charge in [0.2, 0.25) is 11.9 Å². The van der Waals surface area contributed by atoms with Crippen molar-refractivity contribution >= 4 is 34.5 Å². The van der Waals surface area contributed by atoms with Gasteiger partial charge in [0, 0.05) is 11.8 Å². The Morgan fingerprint density at radius 1 is 1.06 bits per heavy atom. The molecule has 9 heteroatoms. The summed E-state index contributed by atoms with van der Waals surface area (Å²) in [5, 5.41) is 2.54. The lowest BCUT2D eigenvalue weighted by Crippen LogP contribution is -2.31. The molecule has 0 unspecified atom stereocenters. The van der Waals surface area contributed by atoms with Crippen molar-refractivity contribution in [3.63, 3.8) is 0 Å². The number of benzene rings is 3. The number of halogens is 2. The van der Waals surface area contributed by atoms with Gasteiger partial charge >= 0.3 is 0 Å². The third kappa shape index (κ3) is 3.85. The van der Waals surface area contributed by atoms with E-state index >= 15 is 0 Å². The molecule has 34 heavy (non-hydrogen) atoms. The first-order valence-electron chi connectivity index (χ1n) is 10.6. The maximum Gasteiger partial charge on any atom is 0.253 e. The second-order valence-electron chi connectivity index (χ2n) is 7.94. The van der Waals surface area contributed by atoms with Crippen molar-refractivity contribution in [3.8, 4) is 5.75 Å². The van der Waals surface area contributed by atoms with Crippen LogP contribution < -0.4 is 15.0 Å². The number of ether oxygens (including phenoxy) is 1. The second kappa shape index (κ2) is 8.58. The van der Waals surface area contributed by atoms with Crippen molar-refractivity contribution < 1.29 is 23.1 Å². The number of amides is 2. The van der Waals surface area contributed by atoms with Gasteiger partial charge in [0.05, 0.1) is 31.1 Å². The topological polar surface area (TPSA) is 76.5 Å². The third-order valence-electron chi connectivity index (χ3n) is 5.76. The molecule has 7 nitrogen and oxygen atoms in total. The van der Waals surface area contributed by atoms with E-state index in [1.807, 2.05) is 48.5 Å². The van der Waals surface area contributed by atoms with Gasteiger partial charge in [0.1, 0.15) is 11.8 Å². The first kappa shape index (κ1) is 21.6. The molecule has 0 aliphatic carbocycles. The summed E-state index contributed by atoms with van der Waals surface area (Å²) in [4.78, 5) is 32.4. The van der Waals surface area contributed by atoms with Gasteiger partial charge in [-0.25, -0.2) is 13.8 Å². The quantitative estimate of drug-likeness (QED) is 0.460. The smallest absolute Gasteiger partial charge is 0.253 e.